The van der Waals surface area contributed by atoms with Crippen LogP contribution in [0, 0.1) is 0 Å². The highest BCUT2D eigenvalue weighted by Gasteiger charge is 2.09. The Morgan fingerprint density at radius 2 is 2.00 bits per heavy atom. The third kappa shape index (κ3) is 1.18. The second-order valence-corrected chi connectivity index (χ2v) is 2.53. The minimum atomic E-state index is 0.720. The Balaban J connectivity index is 2.45. The zero-order valence-electron chi connectivity index (χ0n) is 6.73. The lowest BCUT2D eigenvalue weighted by atomic mass is 10.2. The van der Waals surface area contributed by atoms with E-state index in [1.54, 1.807) is 11.8 Å². The first-order chi connectivity index (χ1) is 5.86. The number of aryl methyl sites for hydroxylation is 1. The first kappa shape index (κ1) is 6.97. The molecular weight excluding hydrogens is 152 g/mol. The molecule has 1 N–H and O–H groups in total. The van der Waals surface area contributed by atoms with Gasteiger partial charge >= 0.3 is 5.82 Å². The maximum atomic E-state index is 4.13. The van der Waals surface area contributed by atoms with Crippen molar-refractivity contribution >= 4 is 0 Å². The van der Waals surface area contributed by atoms with Crippen LogP contribution in [0.1, 0.15) is 0 Å². The summed E-state index contributed by atoms with van der Waals surface area (Å²) in [5, 5.41) is 10.9. The van der Waals surface area contributed by atoms with Crippen LogP contribution in [0.15, 0.2) is 30.3 Å². The van der Waals surface area contributed by atoms with Crippen LogP contribution in [-0.2, 0) is 7.05 Å². The number of H-pyrrole nitrogens is 1. The molecular formula is C8H9N4+. The molecule has 0 radical (unpaired) electrons. The molecule has 0 spiro atoms. The van der Waals surface area contributed by atoms with Gasteiger partial charge in [0, 0.05) is 0 Å². The zero-order valence-corrected chi connectivity index (χ0v) is 6.73. The standard InChI is InChI=1S/C8H8N4/c1-12-10-8(9-11-12)7-5-3-2-4-6-7/h2-6H,1H3/p+1. The Morgan fingerprint density at radius 3 is 2.58 bits per heavy atom. The van der Waals surface area contributed by atoms with E-state index in [-0.39, 0.29) is 0 Å². The first-order valence-electron chi connectivity index (χ1n) is 3.70. The summed E-state index contributed by atoms with van der Waals surface area (Å²) in [7, 11) is 1.80. The third-order valence-corrected chi connectivity index (χ3v) is 1.58. The molecule has 0 atom stereocenters. The van der Waals surface area contributed by atoms with Crippen molar-refractivity contribution in [1.82, 2.24) is 15.4 Å². The largest absolute Gasteiger partial charge is 0.338 e. The Hall–Kier alpha value is -1.71. The molecule has 0 amide bonds. The molecule has 12 heavy (non-hydrogen) atoms. The van der Waals surface area contributed by atoms with E-state index < -0.39 is 0 Å². The number of benzene rings is 1. The predicted octanol–water partition coefficient (Wildman–Crippen LogP) is 0.296. The van der Waals surface area contributed by atoms with Gasteiger partial charge in [-0.3, -0.25) is 0 Å². The quantitative estimate of drug-likeness (QED) is 0.611. The van der Waals surface area contributed by atoms with E-state index in [0.717, 1.165) is 11.4 Å². The number of rotatable bonds is 1. The molecule has 0 saturated carbocycles. The maximum absolute atomic E-state index is 4.13. The van der Waals surface area contributed by atoms with Crippen LogP contribution < -0.4 is 4.80 Å². The number of hydrogen-bond donors (Lipinski definition) is 1. The summed E-state index contributed by atoms with van der Waals surface area (Å²) in [6.07, 6.45) is 0. The van der Waals surface area contributed by atoms with Crippen molar-refractivity contribution in [1.29, 1.82) is 0 Å². The van der Waals surface area contributed by atoms with Gasteiger partial charge in [0.25, 0.3) is 0 Å². The predicted molar refractivity (Wildman–Crippen MR) is 43.0 cm³/mol. The summed E-state index contributed by atoms with van der Waals surface area (Å²) in [6.45, 7) is 0. The van der Waals surface area contributed by atoms with Gasteiger partial charge in [0.05, 0.1) is 10.7 Å². The normalized spacial score (nSPS) is 10.1. The Morgan fingerprint density at radius 1 is 1.25 bits per heavy atom. The Bertz CT molecular complexity index is 366. The average Bonchev–Trinajstić information content (AvgIpc) is 2.54. The molecule has 1 aromatic heterocycles. The van der Waals surface area contributed by atoms with Crippen molar-refractivity contribution in [2.45, 2.75) is 0 Å². The molecule has 2 aromatic rings. The summed E-state index contributed by atoms with van der Waals surface area (Å²) in [5.41, 5.74) is 1.02. The molecule has 0 aliphatic heterocycles. The highest BCUT2D eigenvalue weighted by Crippen LogP contribution is 2.09. The Kier molecular flexibility index (Phi) is 1.59. The lowest BCUT2D eigenvalue weighted by molar-refractivity contribution is -0.783. The van der Waals surface area contributed by atoms with Crippen molar-refractivity contribution in [3.8, 4) is 11.4 Å². The number of hydrogen-bond acceptors (Lipinski definition) is 2. The second-order valence-electron chi connectivity index (χ2n) is 2.53. The van der Waals surface area contributed by atoms with E-state index in [2.05, 4.69) is 15.4 Å². The minimum Gasteiger partial charge on any atom is -0.0648 e. The van der Waals surface area contributed by atoms with E-state index in [1.165, 1.54) is 0 Å². The van der Waals surface area contributed by atoms with E-state index >= 15 is 0 Å². The summed E-state index contributed by atoms with van der Waals surface area (Å²) in [6, 6.07) is 9.85. The fourth-order valence-electron chi connectivity index (χ4n) is 1.02. The second kappa shape index (κ2) is 2.73. The lowest BCUT2D eigenvalue weighted by Gasteiger charge is -1.85. The number of aromatic nitrogens is 4. The van der Waals surface area contributed by atoms with Gasteiger partial charge in [0.2, 0.25) is 0 Å². The van der Waals surface area contributed by atoms with Crippen LogP contribution in [0.2, 0.25) is 0 Å². The van der Waals surface area contributed by atoms with Crippen molar-refractivity contribution in [2.75, 3.05) is 0 Å². The number of nitrogens with one attached hydrogen (secondary N) is 1. The van der Waals surface area contributed by atoms with Crippen LogP contribution in [0.4, 0.5) is 0 Å². The maximum Gasteiger partial charge on any atom is 0.338 e. The van der Waals surface area contributed by atoms with Gasteiger partial charge in [-0.2, -0.15) is 0 Å². The molecule has 0 unspecified atom stereocenters. The monoisotopic (exact) mass is 161 g/mol. The highest BCUT2D eigenvalue weighted by molar-refractivity contribution is 5.52. The van der Waals surface area contributed by atoms with Crippen LogP contribution >= 0.6 is 0 Å². The minimum absolute atomic E-state index is 0.720. The van der Waals surface area contributed by atoms with Gasteiger partial charge < -0.3 is 0 Å². The summed E-state index contributed by atoms with van der Waals surface area (Å²) in [5.74, 6) is 0.720. The fraction of sp³-hybridized carbons (Fsp3) is 0.125. The van der Waals surface area contributed by atoms with Gasteiger partial charge in [-0.05, 0) is 22.4 Å². The number of nitrogens with zero attached hydrogens (tertiary/aromatic N) is 3. The van der Waals surface area contributed by atoms with Crippen LogP contribution in [-0.4, -0.2) is 15.4 Å². The first-order valence-corrected chi connectivity index (χ1v) is 3.70. The van der Waals surface area contributed by atoms with Gasteiger partial charge in [-0.1, -0.05) is 23.0 Å². The zero-order chi connectivity index (χ0) is 8.39. The van der Waals surface area contributed by atoms with Crippen molar-refractivity contribution in [2.24, 2.45) is 7.05 Å². The molecule has 2 rings (SSSR count). The average molecular weight is 161 g/mol. The van der Waals surface area contributed by atoms with E-state index in [0.29, 0.717) is 0 Å². The van der Waals surface area contributed by atoms with E-state index in [4.69, 9.17) is 0 Å². The third-order valence-electron chi connectivity index (χ3n) is 1.58. The van der Waals surface area contributed by atoms with Crippen LogP contribution in [0.3, 0.4) is 0 Å². The molecule has 1 heterocycles. The number of aromatic amines is 1. The molecule has 0 aliphatic rings. The van der Waals surface area contributed by atoms with Crippen LogP contribution in [0.25, 0.3) is 11.4 Å². The fourth-order valence-corrected chi connectivity index (χ4v) is 1.02. The lowest BCUT2D eigenvalue weighted by Crippen LogP contribution is -2.33. The summed E-state index contributed by atoms with van der Waals surface area (Å²) < 4.78 is 0. The van der Waals surface area contributed by atoms with E-state index in [9.17, 15) is 0 Å². The van der Waals surface area contributed by atoms with E-state index in [1.807, 2.05) is 30.3 Å². The molecule has 0 fully saturated rings. The summed E-state index contributed by atoms with van der Waals surface area (Å²) in [4.78, 5) is 1.57. The summed E-state index contributed by atoms with van der Waals surface area (Å²) >= 11 is 0. The van der Waals surface area contributed by atoms with Gasteiger partial charge in [-0.15, -0.1) is 0 Å². The molecule has 60 valence electrons. The molecule has 0 aliphatic carbocycles. The van der Waals surface area contributed by atoms with Crippen LogP contribution in [0.5, 0.6) is 0 Å². The SMILES string of the molecule is C[n+]1nc(-c2ccccc2)n[nH]1. The smallest absolute Gasteiger partial charge is 0.0648 e. The van der Waals surface area contributed by atoms with Gasteiger partial charge in [0.15, 0.2) is 0 Å². The van der Waals surface area contributed by atoms with Crippen molar-refractivity contribution in [3.05, 3.63) is 30.3 Å². The topological polar surface area (TPSA) is 45.5 Å². The molecule has 1 aromatic carbocycles. The highest BCUT2D eigenvalue weighted by atomic mass is 15.6. The van der Waals surface area contributed by atoms with Crippen molar-refractivity contribution in [3.63, 3.8) is 0 Å². The molecule has 0 bridgehead atoms. The molecule has 4 heteroatoms. The van der Waals surface area contributed by atoms with Gasteiger partial charge in [0.1, 0.15) is 7.05 Å². The van der Waals surface area contributed by atoms with Gasteiger partial charge in [-0.25, -0.2) is 0 Å². The Labute approximate surface area is 69.8 Å². The molecule has 0 saturated heterocycles. The van der Waals surface area contributed by atoms with Crippen molar-refractivity contribution < 1.29 is 4.80 Å². The molecule has 4 nitrogen and oxygen atoms in total. The number of tetrazole rings is 1.